The molecule has 8 heteroatoms. The third-order valence-corrected chi connectivity index (χ3v) is 4.14. The molecule has 1 unspecified atom stereocenters. The lowest BCUT2D eigenvalue weighted by molar-refractivity contribution is -0.121. The van der Waals surface area contributed by atoms with Gasteiger partial charge < -0.3 is 10.3 Å². The number of imidazole rings is 1. The number of anilines is 1. The number of fused-ring (bicyclic) bond motifs is 1. The Labute approximate surface area is 126 Å². The average molecular weight is 309 g/mol. The van der Waals surface area contributed by atoms with Crippen molar-refractivity contribution >= 4 is 34.6 Å². The van der Waals surface area contributed by atoms with Crippen molar-refractivity contribution in [1.82, 2.24) is 25.3 Å². The van der Waals surface area contributed by atoms with E-state index < -0.39 is 0 Å². The third kappa shape index (κ3) is 2.71. The summed E-state index contributed by atoms with van der Waals surface area (Å²) in [5, 5.41) is 6.22. The molecule has 0 aliphatic carbocycles. The lowest BCUT2D eigenvalue weighted by atomic mass is 9.77. The molecular weight excluding hydrogens is 292 g/mol. The SMILES string of the molecule is CC1(C)CCCNC1C(=O)Nc1nc(Cl)c2[nH]cnc2n1. The monoisotopic (exact) mass is 308 g/mol. The highest BCUT2D eigenvalue weighted by molar-refractivity contribution is 6.33. The van der Waals surface area contributed by atoms with Gasteiger partial charge in [-0.15, -0.1) is 0 Å². The lowest BCUT2D eigenvalue weighted by Gasteiger charge is -2.38. The van der Waals surface area contributed by atoms with Gasteiger partial charge in [-0.1, -0.05) is 25.4 Å². The van der Waals surface area contributed by atoms with Gasteiger partial charge in [0, 0.05) is 0 Å². The van der Waals surface area contributed by atoms with Crippen molar-refractivity contribution < 1.29 is 4.79 Å². The maximum Gasteiger partial charge on any atom is 0.244 e. The van der Waals surface area contributed by atoms with Gasteiger partial charge in [-0.05, 0) is 24.8 Å². The number of H-pyrrole nitrogens is 1. The number of amides is 1. The van der Waals surface area contributed by atoms with Crippen LogP contribution in [0, 0.1) is 5.41 Å². The topological polar surface area (TPSA) is 95.6 Å². The van der Waals surface area contributed by atoms with Crippen LogP contribution in [0.25, 0.3) is 11.2 Å². The highest BCUT2D eigenvalue weighted by atomic mass is 35.5. The molecule has 0 spiro atoms. The first kappa shape index (κ1) is 14.2. The number of hydrogen-bond donors (Lipinski definition) is 3. The highest BCUT2D eigenvalue weighted by Gasteiger charge is 2.37. The van der Waals surface area contributed by atoms with Crippen LogP contribution in [0.1, 0.15) is 26.7 Å². The molecule has 1 amide bonds. The fourth-order valence-electron chi connectivity index (χ4n) is 2.69. The van der Waals surface area contributed by atoms with Gasteiger partial charge in [0.25, 0.3) is 0 Å². The standard InChI is InChI=1S/C13H17ClN6O/c1-13(2)4-3-5-15-8(13)11(21)20-12-18-9(14)7-10(19-12)17-6-16-7/h6,8,15H,3-5H2,1-2H3,(H2,16,17,18,19,20,21). The minimum atomic E-state index is -0.275. The number of nitrogens with zero attached hydrogens (tertiary/aromatic N) is 3. The molecular formula is C13H17ClN6O. The number of rotatable bonds is 2. The van der Waals surface area contributed by atoms with Gasteiger partial charge in [0.15, 0.2) is 10.8 Å². The van der Waals surface area contributed by atoms with Gasteiger partial charge >= 0.3 is 0 Å². The molecule has 3 rings (SSSR count). The van der Waals surface area contributed by atoms with Crippen molar-refractivity contribution in [2.75, 3.05) is 11.9 Å². The molecule has 1 atom stereocenters. The average Bonchev–Trinajstić information content (AvgIpc) is 2.86. The molecule has 2 aromatic heterocycles. The molecule has 1 aliphatic heterocycles. The van der Waals surface area contributed by atoms with E-state index in [4.69, 9.17) is 11.6 Å². The zero-order chi connectivity index (χ0) is 15.0. The number of aromatic amines is 1. The van der Waals surface area contributed by atoms with E-state index in [0.717, 1.165) is 19.4 Å². The Hall–Kier alpha value is -1.73. The van der Waals surface area contributed by atoms with Crippen LogP contribution in [-0.2, 0) is 4.79 Å². The summed E-state index contributed by atoms with van der Waals surface area (Å²) in [5.74, 6) is 0.0263. The summed E-state index contributed by atoms with van der Waals surface area (Å²) in [5.41, 5.74) is 0.884. The van der Waals surface area contributed by atoms with E-state index in [-0.39, 0.29) is 28.5 Å². The van der Waals surface area contributed by atoms with Gasteiger partial charge in [-0.25, -0.2) is 4.98 Å². The summed E-state index contributed by atoms with van der Waals surface area (Å²) in [6.45, 7) is 4.99. The van der Waals surface area contributed by atoms with Crippen LogP contribution in [0.2, 0.25) is 5.15 Å². The van der Waals surface area contributed by atoms with E-state index in [1.165, 1.54) is 6.33 Å². The van der Waals surface area contributed by atoms with Crippen LogP contribution in [0.5, 0.6) is 0 Å². The van der Waals surface area contributed by atoms with Crippen LogP contribution >= 0.6 is 11.6 Å². The van der Waals surface area contributed by atoms with E-state index in [9.17, 15) is 4.79 Å². The molecule has 112 valence electrons. The molecule has 21 heavy (non-hydrogen) atoms. The first-order chi connectivity index (χ1) is 9.97. The second-order valence-electron chi connectivity index (χ2n) is 5.91. The third-order valence-electron chi connectivity index (χ3n) is 3.87. The Morgan fingerprint density at radius 1 is 1.48 bits per heavy atom. The van der Waals surface area contributed by atoms with Crippen LogP contribution < -0.4 is 10.6 Å². The van der Waals surface area contributed by atoms with Gasteiger partial charge in [0.1, 0.15) is 5.52 Å². The number of carbonyl (C=O) groups is 1. The normalized spacial score (nSPS) is 21.4. The van der Waals surface area contributed by atoms with Crippen molar-refractivity contribution in [3.63, 3.8) is 0 Å². The Balaban J connectivity index is 1.82. The predicted molar refractivity (Wildman–Crippen MR) is 80.1 cm³/mol. The molecule has 0 bridgehead atoms. The first-order valence-corrected chi connectivity index (χ1v) is 7.26. The fraction of sp³-hybridized carbons (Fsp3) is 0.538. The highest BCUT2D eigenvalue weighted by Crippen LogP contribution is 2.30. The summed E-state index contributed by atoms with van der Waals surface area (Å²) < 4.78 is 0. The van der Waals surface area contributed by atoms with E-state index in [2.05, 4.69) is 44.4 Å². The van der Waals surface area contributed by atoms with Gasteiger partial charge in [-0.3, -0.25) is 10.1 Å². The molecule has 3 heterocycles. The van der Waals surface area contributed by atoms with Crippen molar-refractivity contribution in [3.8, 4) is 0 Å². The van der Waals surface area contributed by atoms with Crippen LogP contribution in [0.4, 0.5) is 5.95 Å². The second kappa shape index (κ2) is 5.23. The largest absolute Gasteiger partial charge is 0.341 e. The molecule has 3 N–H and O–H groups in total. The molecule has 1 aliphatic rings. The second-order valence-corrected chi connectivity index (χ2v) is 6.27. The summed E-state index contributed by atoms with van der Waals surface area (Å²) in [6.07, 6.45) is 3.55. The Bertz CT molecular complexity index is 682. The van der Waals surface area contributed by atoms with Crippen LogP contribution in [0.15, 0.2) is 6.33 Å². The maximum absolute atomic E-state index is 12.4. The smallest absolute Gasteiger partial charge is 0.244 e. The van der Waals surface area contributed by atoms with E-state index >= 15 is 0 Å². The fourth-order valence-corrected chi connectivity index (χ4v) is 2.91. The Morgan fingerprint density at radius 3 is 3.05 bits per heavy atom. The van der Waals surface area contributed by atoms with Crippen molar-refractivity contribution in [3.05, 3.63) is 11.5 Å². The van der Waals surface area contributed by atoms with Crippen molar-refractivity contribution in [2.45, 2.75) is 32.7 Å². The van der Waals surface area contributed by atoms with Crippen LogP contribution in [-0.4, -0.2) is 38.4 Å². The number of halogens is 1. The van der Waals surface area contributed by atoms with Gasteiger partial charge in [-0.2, -0.15) is 9.97 Å². The van der Waals surface area contributed by atoms with Crippen LogP contribution in [0.3, 0.4) is 0 Å². The van der Waals surface area contributed by atoms with E-state index in [1.807, 2.05) is 0 Å². The molecule has 0 radical (unpaired) electrons. The summed E-state index contributed by atoms with van der Waals surface area (Å²) in [7, 11) is 0. The molecule has 0 saturated carbocycles. The summed E-state index contributed by atoms with van der Waals surface area (Å²) >= 11 is 6.04. The number of piperidine rings is 1. The zero-order valence-electron chi connectivity index (χ0n) is 11.9. The Morgan fingerprint density at radius 2 is 2.29 bits per heavy atom. The minimum Gasteiger partial charge on any atom is -0.341 e. The number of hydrogen-bond acceptors (Lipinski definition) is 5. The van der Waals surface area contributed by atoms with E-state index in [0.29, 0.717) is 11.2 Å². The first-order valence-electron chi connectivity index (χ1n) is 6.88. The quantitative estimate of drug-likeness (QED) is 0.734. The van der Waals surface area contributed by atoms with Gasteiger partial charge in [0.2, 0.25) is 11.9 Å². The lowest BCUT2D eigenvalue weighted by Crippen LogP contribution is -2.53. The minimum absolute atomic E-state index is 0.109. The maximum atomic E-state index is 12.4. The van der Waals surface area contributed by atoms with Gasteiger partial charge in [0.05, 0.1) is 12.4 Å². The molecule has 7 nitrogen and oxygen atoms in total. The summed E-state index contributed by atoms with van der Waals surface area (Å²) in [4.78, 5) is 27.6. The predicted octanol–water partition coefficient (Wildman–Crippen LogP) is 1.72. The number of nitrogens with one attached hydrogen (secondary N) is 3. The van der Waals surface area contributed by atoms with Crippen molar-refractivity contribution in [1.29, 1.82) is 0 Å². The van der Waals surface area contributed by atoms with Crippen molar-refractivity contribution in [2.24, 2.45) is 5.41 Å². The molecule has 2 aromatic rings. The number of aromatic nitrogens is 4. The molecule has 1 saturated heterocycles. The molecule has 1 fully saturated rings. The number of carbonyl (C=O) groups excluding carboxylic acids is 1. The Kier molecular flexibility index (Phi) is 3.54. The van der Waals surface area contributed by atoms with E-state index in [1.54, 1.807) is 0 Å². The summed E-state index contributed by atoms with van der Waals surface area (Å²) in [6, 6.07) is -0.275. The molecule has 0 aromatic carbocycles. The zero-order valence-corrected chi connectivity index (χ0v) is 12.7.